The van der Waals surface area contributed by atoms with Gasteiger partial charge in [-0.3, -0.25) is 0 Å². The van der Waals surface area contributed by atoms with Gasteiger partial charge in [-0.1, -0.05) is 41.7 Å². The SMILES string of the molecule is [CH2][C@@](C)(N)c1nnc(-c2ccc(OCCCCc3ccccc3)c(C(F)(F)F)c2)s1. The maximum Gasteiger partial charge on any atom is 0.419 e. The van der Waals surface area contributed by atoms with Crippen molar-refractivity contribution < 1.29 is 17.9 Å². The fourth-order valence-electron chi connectivity index (χ4n) is 2.84. The van der Waals surface area contributed by atoms with Gasteiger partial charge in [0.2, 0.25) is 0 Å². The smallest absolute Gasteiger partial charge is 0.419 e. The minimum atomic E-state index is -4.54. The molecule has 3 rings (SSSR count). The molecule has 0 unspecified atom stereocenters. The van der Waals surface area contributed by atoms with Gasteiger partial charge in [-0.15, -0.1) is 10.2 Å². The third-order valence-corrected chi connectivity index (χ3v) is 5.66. The van der Waals surface area contributed by atoms with Crippen LogP contribution in [0.25, 0.3) is 10.6 Å². The van der Waals surface area contributed by atoms with Crippen LogP contribution in [0, 0.1) is 6.92 Å². The van der Waals surface area contributed by atoms with Crippen molar-refractivity contribution in [3.63, 3.8) is 0 Å². The van der Waals surface area contributed by atoms with Crippen LogP contribution in [0.3, 0.4) is 0 Å². The Bertz CT molecular complexity index is 966. The largest absolute Gasteiger partial charge is 0.493 e. The zero-order valence-corrected chi connectivity index (χ0v) is 17.4. The van der Waals surface area contributed by atoms with E-state index >= 15 is 0 Å². The summed E-state index contributed by atoms with van der Waals surface area (Å²) in [5, 5.41) is 8.70. The van der Waals surface area contributed by atoms with Crippen LogP contribution >= 0.6 is 11.3 Å². The van der Waals surface area contributed by atoms with Crippen LogP contribution in [-0.4, -0.2) is 16.8 Å². The Balaban J connectivity index is 1.68. The number of alkyl halides is 3. The molecule has 0 saturated heterocycles. The first-order valence-electron chi connectivity index (χ1n) is 9.51. The van der Waals surface area contributed by atoms with Crippen LogP contribution < -0.4 is 10.5 Å². The van der Waals surface area contributed by atoms with Crippen LogP contribution in [0.2, 0.25) is 0 Å². The number of halogens is 3. The third kappa shape index (κ3) is 5.79. The predicted octanol–water partition coefficient (Wildman–Crippen LogP) is 5.63. The van der Waals surface area contributed by atoms with Crippen molar-refractivity contribution in [2.75, 3.05) is 6.61 Å². The molecule has 2 aromatic carbocycles. The molecule has 1 atom stereocenters. The number of hydrogen-bond acceptors (Lipinski definition) is 5. The van der Waals surface area contributed by atoms with Crippen molar-refractivity contribution in [1.29, 1.82) is 0 Å². The summed E-state index contributed by atoms with van der Waals surface area (Å²) in [6.45, 7) is 5.65. The van der Waals surface area contributed by atoms with E-state index < -0.39 is 17.3 Å². The Kier molecular flexibility index (Phi) is 6.77. The first-order valence-corrected chi connectivity index (χ1v) is 10.3. The Morgan fingerprint density at radius 3 is 2.43 bits per heavy atom. The van der Waals surface area contributed by atoms with Crippen LogP contribution in [0.4, 0.5) is 13.2 Å². The molecule has 2 N–H and O–H groups in total. The molecule has 0 aliphatic heterocycles. The Morgan fingerprint density at radius 2 is 1.80 bits per heavy atom. The van der Waals surface area contributed by atoms with Crippen molar-refractivity contribution in [3.05, 3.63) is 71.6 Å². The molecule has 30 heavy (non-hydrogen) atoms. The molecule has 0 bridgehead atoms. The van der Waals surface area contributed by atoms with Crippen molar-refractivity contribution in [3.8, 4) is 16.3 Å². The number of benzene rings is 2. The molecular formula is C22H23F3N3OS. The van der Waals surface area contributed by atoms with Crippen molar-refractivity contribution >= 4 is 11.3 Å². The van der Waals surface area contributed by atoms with E-state index in [1.165, 1.54) is 11.6 Å². The maximum absolute atomic E-state index is 13.6. The number of unbranched alkanes of at least 4 members (excludes halogenated alkanes) is 1. The van der Waals surface area contributed by atoms with Gasteiger partial charge in [-0.2, -0.15) is 13.2 Å². The molecule has 0 aliphatic carbocycles. The molecule has 1 aromatic heterocycles. The summed E-state index contributed by atoms with van der Waals surface area (Å²) in [5.41, 5.74) is 5.61. The average Bonchev–Trinajstić information content (AvgIpc) is 3.19. The van der Waals surface area contributed by atoms with Gasteiger partial charge in [-0.25, -0.2) is 0 Å². The second-order valence-corrected chi connectivity index (χ2v) is 8.31. The zero-order valence-electron chi connectivity index (χ0n) is 16.6. The lowest BCUT2D eigenvalue weighted by Crippen LogP contribution is -2.28. The minimum absolute atomic E-state index is 0.184. The lowest BCUT2D eigenvalue weighted by atomic mass is 10.1. The number of aryl methyl sites for hydroxylation is 1. The number of hydrogen-bond donors (Lipinski definition) is 1. The van der Waals surface area contributed by atoms with E-state index in [0.29, 0.717) is 22.0 Å². The predicted molar refractivity (Wildman–Crippen MR) is 112 cm³/mol. The summed E-state index contributed by atoms with van der Waals surface area (Å²) in [5.74, 6) is -0.184. The highest BCUT2D eigenvalue weighted by Gasteiger charge is 2.35. The number of aromatic nitrogens is 2. The van der Waals surface area contributed by atoms with Gasteiger partial charge in [0.1, 0.15) is 15.8 Å². The normalized spacial score (nSPS) is 12.2. The highest BCUT2D eigenvalue weighted by molar-refractivity contribution is 7.14. The first kappa shape index (κ1) is 22.2. The van der Waals surface area contributed by atoms with E-state index in [2.05, 4.69) is 17.1 Å². The molecule has 159 valence electrons. The van der Waals surface area contributed by atoms with Gasteiger partial charge >= 0.3 is 6.18 Å². The highest BCUT2D eigenvalue weighted by atomic mass is 32.1. The topological polar surface area (TPSA) is 61.0 Å². The lowest BCUT2D eigenvalue weighted by molar-refractivity contribution is -0.138. The van der Waals surface area contributed by atoms with Gasteiger partial charge in [0.15, 0.2) is 0 Å². The van der Waals surface area contributed by atoms with Crippen molar-refractivity contribution in [1.82, 2.24) is 10.2 Å². The van der Waals surface area contributed by atoms with Crippen LogP contribution in [0.1, 0.15) is 35.9 Å². The van der Waals surface area contributed by atoms with E-state index in [1.54, 1.807) is 13.0 Å². The van der Waals surface area contributed by atoms with E-state index in [4.69, 9.17) is 10.5 Å². The van der Waals surface area contributed by atoms with Gasteiger partial charge in [0.05, 0.1) is 17.7 Å². The fourth-order valence-corrected chi connectivity index (χ4v) is 3.66. The highest BCUT2D eigenvalue weighted by Crippen LogP contribution is 2.39. The van der Waals surface area contributed by atoms with Crippen molar-refractivity contribution in [2.45, 2.75) is 37.9 Å². The number of nitrogens with zero attached hydrogens (tertiary/aromatic N) is 2. The molecule has 4 nitrogen and oxygen atoms in total. The number of ether oxygens (including phenoxy) is 1. The molecule has 0 saturated carbocycles. The van der Waals surface area contributed by atoms with Crippen molar-refractivity contribution in [2.24, 2.45) is 5.73 Å². The molecule has 1 heterocycles. The van der Waals surface area contributed by atoms with Gasteiger partial charge in [-0.05, 0) is 56.9 Å². The summed E-state index contributed by atoms with van der Waals surface area (Å²) < 4.78 is 46.2. The Morgan fingerprint density at radius 1 is 1.07 bits per heavy atom. The molecule has 0 fully saturated rings. The molecule has 1 radical (unpaired) electrons. The lowest BCUT2D eigenvalue weighted by Gasteiger charge is -2.15. The summed E-state index contributed by atoms with van der Waals surface area (Å²) in [6.07, 6.45) is -2.19. The average molecular weight is 435 g/mol. The Hall–Kier alpha value is -2.45. The fraction of sp³-hybridized carbons (Fsp3) is 0.318. The van der Waals surface area contributed by atoms with Crippen LogP contribution in [-0.2, 0) is 18.1 Å². The summed E-state index contributed by atoms with van der Waals surface area (Å²) >= 11 is 1.12. The van der Waals surface area contributed by atoms with E-state index in [9.17, 15) is 13.2 Å². The maximum atomic E-state index is 13.6. The van der Waals surface area contributed by atoms with Crippen LogP contribution in [0.15, 0.2) is 48.5 Å². The second-order valence-electron chi connectivity index (χ2n) is 7.33. The van der Waals surface area contributed by atoms with E-state index in [0.717, 1.165) is 30.2 Å². The first-order chi connectivity index (χ1) is 14.1. The van der Waals surface area contributed by atoms with E-state index in [1.807, 2.05) is 30.3 Å². The molecule has 0 amide bonds. The molecule has 8 heteroatoms. The summed E-state index contributed by atoms with van der Waals surface area (Å²) in [4.78, 5) is 0. The Labute approximate surface area is 177 Å². The minimum Gasteiger partial charge on any atom is -0.493 e. The van der Waals surface area contributed by atoms with Crippen LogP contribution in [0.5, 0.6) is 5.75 Å². The van der Waals surface area contributed by atoms with E-state index in [-0.39, 0.29) is 12.4 Å². The van der Waals surface area contributed by atoms with Gasteiger partial charge < -0.3 is 10.5 Å². The summed E-state index contributed by atoms with van der Waals surface area (Å²) in [6, 6.07) is 13.9. The summed E-state index contributed by atoms with van der Waals surface area (Å²) in [7, 11) is 0. The van der Waals surface area contributed by atoms with Gasteiger partial charge in [0, 0.05) is 5.56 Å². The third-order valence-electron chi connectivity index (χ3n) is 4.41. The number of rotatable bonds is 8. The quantitative estimate of drug-likeness (QED) is 0.467. The zero-order chi connectivity index (χ0) is 21.8. The number of nitrogens with two attached hydrogens (primary N) is 1. The van der Waals surface area contributed by atoms with Gasteiger partial charge in [0.25, 0.3) is 0 Å². The monoisotopic (exact) mass is 434 g/mol. The standard InChI is InChI=1S/C22H23F3N3OS/c1-21(2,26)20-28-27-19(30-20)16-11-12-18(17(14-16)22(23,24)25)29-13-7-6-10-15-8-4-3-5-9-15/h3-5,8-9,11-12,14H,1,6-7,10,13,26H2,2H3/t21-/m0/s1. The second kappa shape index (κ2) is 9.14. The molecule has 3 aromatic rings. The molecule has 0 aliphatic rings. The molecule has 0 spiro atoms. The molecular weight excluding hydrogens is 411 g/mol.